The number of nitrogens with one attached hydrogen (secondary N) is 2. The Kier molecular flexibility index (Phi) is 4.58. The molecule has 1 aromatic heterocycles. The Labute approximate surface area is 191 Å². The van der Waals surface area contributed by atoms with Crippen molar-refractivity contribution in [1.29, 1.82) is 0 Å². The number of amides is 2. The van der Waals surface area contributed by atoms with Gasteiger partial charge in [0.2, 0.25) is 18.6 Å². The number of hydrogen-bond acceptors (Lipinski definition) is 5. The summed E-state index contributed by atoms with van der Waals surface area (Å²) in [5, 5.41) is 4.15. The highest BCUT2D eigenvalue weighted by Gasteiger charge is 2.55. The summed E-state index contributed by atoms with van der Waals surface area (Å²) in [6, 6.07) is 13.4. The minimum absolute atomic E-state index is 0.0125. The van der Waals surface area contributed by atoms with E-state index in [4.69, 9.17) is 9.47 Å². The average molecular weight is 447 g/mol. The van der Waals surface area contributed by atoms with Crippen LogP contribution in [0.4, 0.5) is 5.69 Å². The Balaban J connectivity index is 1.33. The molecule has 8 heteroatoms. The van der Waals surface area contributed by atoms with Gasteiger partial charge in [0.05, 0.1) is 12.5 Å². The lowest BCUT2D eigenvalue weighted by Gasteiger charge is -2.54. The Morgan fingerprint density at radius 1 is 1.09 bits per heavy atom. The van der Waals surface area contributed by atoms with Crippen LogP contribution in [-0.2, 0) is 9.59 Å². The number of carbonyl (C=O) groups is 2. The monoisotopic (exact) mass is 446 g/mol. The first-order valence-corrected chi connectivity index (χ1v) is 11.3. The lowest BCUT2D eigenvalue weighted by atomic mass is 9.78. The zero-order chi connectivity index (χ0) is 22.6. The second-order valence-corrected chi connectivity index (χ2v) is 9.17. The lowest BCUT2D eigenvalue weighted by molar-refractivity contribution is -0.167. The average Bonchev–Trinajstić information content (AvgIpc) is 3.47. The fourth-order valence-corrected chi connectivity index (χ4v) is 5.29. The Hall–Kier alpha value is -3.52. The number of H-pyrrole nitrogens is 1. The number of carbonyl (C=O) groups excluding carboxylic acids is 2. The van der Waals surface area contributed by atoms with Crippen molar-refractivity contribution in [3.63, 3.8) is 0 Å². The third-order valence-electron chi connectivity index (χ3n) is 7.24. The maximum Gasteiger partial charge on any atom is 0.250 e. The molecule has 4 heterocycles. The van der Waals surface area contributed by atoms with Crippen LogP contribution >= 0.6 is 0 Å². The van der Waals surface area contributed by atoms with Gasteiger partial charge in [-0.25, -0.2) is 0 Å². The van der Waals surface area contributed by atoms with Crippen LogP contribution in [0.2, 0.25) is 0 Å². The molecule has 2 N–H and O–H groups in total. The molecular formula is C25H26N4O4. The van der Waals surface area contributed by atoms with E-state index >= 15 is 0 Å². The first-order valence-electron chi connectivity index (χ1n) is 11.3. The van der Waals surface area contributed by atoms with Crippen molar-refractivity contribution in [2.45, 2.75) is 30.8 Å². The molecule has 3 aromatic rings. The van der Waals surface area contributed by atoms with E-state index in [0.29, 0.717) is 30.8 Å². The van der Waals surface area contributed by atoms with Gasteiger partial charge in [-0.2, -0.15) is 0 Å². The molecule has 8 nitrogen and oxygen atoms in total. The van der Waals surface area contributed by atoms with Gasteiger partial charge in [-0.05, 0) is 61.9 Å². The summed E-state index contributed by atoms with van der Waals surface area (Å²) in [6.45, 7) is 1.71. The fourth-order valence-electron chi connectivity index (χ4n) is 5.29. The predicted molar refractivity (Wildman–Crippen MR) is 123 cm³/mol. The lowest BCUT2D eigenvalue weighted by Crippen LogP contribution is -2.68. The van der Waals surface area contributed by atoms with Crippen molar-refractivity contribution in [2.75, 3.05) is 32.2 Å². The maximum absolute atomic E-state index is 13.8. The van der Waals surface area contributed by atoms with E-state index in [0.717, 1.165) is 35.2 Å². The third kappa shape index (κ3) is 3.24. The first kappa shape index (κ1) is 20.1. The number of aromatic amines is 1. The van der Waals surface area contributed by atoms with Gasteiger partial charge in [-0.3, -0.25) is 9.59 Å². The van der Waals surface area contributed by atoms with Crippen molar-refractivity contribution in [3.05, 3.63) is 54.2 Å². The van der Waals surface area contributed by atoms with Crippen LogP contribution < -0.4 is 14.8 Å². The number of likely N-dealkylation sites (tertiary alicyclic amines) is 2. The Morgan fingerprint density at radius 2 is 1.91 bits per heavy atom. The van der Waals surface area contributed by atoms with Gasteiger partial charge in [-0.1, -0.05) is 6.07 Å². The van der Waals surface area contributed by atoms with Crippen LogP contribution in [0.5, 0.6) is 11.5 Å². The molecule has 0 bridgehead atoms. The molecule has 0 aliphatic carbocycles. The predicted octanol–water partition coefficient (Wildman–Crippen LogP) is 3.27. The number of ether oxygens (including phenoxy) is 2. The molecular weight excluding hydrogens is 420 g/mol. The Morgan fingerprint density at radius 3 is 2.73 bits per heavy atom. The normalized spacial score (nSPS) is 21.8. The quantitative estimate of drug-likeness (QED) is 0.601. The summed E-state index contributed by atoms with van der Waals surface area (Å²) in [5.74, 6) is 1.29. The van der Waals surface area contributed by atoms with E-state index in [1.165, 1.54) is 0 Å². The molecule has 2 saturated heterocycles. The standard InChI is InChI=1S/C25H26N4O4/c1-28-10-7-25(8-11-28,24(31)27-18-3-4-19-16(12-18)6-9-26-19)29-20(14-23(29)30)17-2-5-21-22(13-17)33-15-32-21/h2-6,9,12-13,20,26H,7-8,10-11,14-15H2,1H3,(H,27,31)/t20-/m1/s1. The second kappa shape index (κ2) is 7.52. The number of rotatable bonds is 4. The highest BCUT2D eigenvalue weighted by atomic mass is 16.7. The van der Waals surface area contributed by atoms with Crippen molar-refractivity contribution in [1.82, 2.24) is 14.8 Å². The van der Waals surface area contributed by atoms with Gasteiger partial charge in [0, 0.05) is 35.9 Å². The number of piperidine rings is 1. The molecule has 2 fully saturated rings. The maximum atomic E-state index is 13.8. The molecule has 3 aliphatic rings. The summed E-state index contributed by atoms with van der Waals surface area (Å²) in [4.78, 5) is 34.0. The molecule has 2 amide bonds. The molecule has 3 aliphatic heterocycles. The fraction of sp³-hybridized carbons (Fsp3) is 0.360. The largest absolute Gasteiger partial charge is 0.454 e. The summed E-state index contributed by atoms with van der Waals surface area (Å²) in [5.41, 5.74) is 1.83. The third-order valence-corrected chi connectivity index (χ3v) is 7.24. The van der Waals surface area contributed by atoms with Gasteiger partial charge in [0.25, 0.3) is 0 Å². The molecule has 170 valence electrons. The van der Waals surface area contributed by atoms with Gasteiger partial charge >= 0.3 is 0 Å². The summed E-state index contributed by atoms with van der Waals surface area (Å²) >= 11 is 0. The molecule has 0 saturated carbocycles. The first-order chi connectivity index (χ1) is 16.0. The summed E-state index contributed by atoms with van der Waals surface area (Å²) in [7, 11) is 2.05. The zero-order valence-corrected chi connectivity index (χ0v) is 18.5. The van der Waals surface area contributed by atoms with Gasteiger partial charge in [0.1, 0.15) is 5.54 Å². The highest BCUT2D eigenvalue weighted by molar-refractivity contribution is 6.03. The van der Waals surface area contributed by atoms with Crippen molar-refractivity contribution in [3.8, 4) is 11.5 Å². The molecule has 2 aromatic carbocycles. The number of hydrogen-bond donors (Lipinski definition) is 2. The highest BCUT2D eigenvalue weighted by Crippen LogP contribution is 2.47. The van der Waals surface area contributed by atoms with Crippen LogP contribution in [-0.4, -0.2) is 59.1 Å². The van der Waals surface area contributed by atoms with E-state index in [-0.39, 0.29) is 24.6 Å². The van der Waals surface area contributed by atoms with E-state index in [9.17, 15) is 9.59 Å². The van der Waals surface area contributed by atoms with Crippen LogP contribution in [0.15, 0.2) is 48.7 Å². The zero-order valence-electron chi connectivity index (χ0n) is 18.5. The topological polar surface area (TPSA) is 86.9 Å². The van der Waals surface area contributed by atoms with Crippen LogP contribution in [0.25, 0.3) is 10.9 Å². The number of anilines is 1. The van der Waals surface area contributed by atoms with E-state index < -0.39 is 5.54 Å². The minimum atomic E-state index is -0.893. The number of nitrogens with zero attached hydrogens (tertiary/aromatic N) is 2. The number of benzene rings is 2. The molecule has 1 atom stereocenters. The summed E-state index contributed by atoms with van der Waals surface area (Å²) in [6.07, 6.45) is 3.45. The van der Waals surface area contributed by atoms with E-state index in [1.807, 2.05) is 53.6 Å². The van der Waals surface area contributed by atoms with Crippen LogP contribution in [0.1, 0.15) is 30.9 Å². The SMILES string of the molecule is CN1CCC(C(=O)Nc2ccc3[nH]ccc3c2)(N2C(=O)C[C@@H]2c2ccc3c(c2)OCO3)CC1. The van der Waals surface area contributed by atoms with Crippen LogP contribution in [0, 0.1) is 0 Å². The van der Waals surface area contributed by atoms with Gasteiger partial charge in [0.15, 0.2) is 11.5 Å². The summed E-state index contributed by atoms with van der Waals surface area (Å²) < 4.78 is 11.0. The molecule has 0 unspecified atom stereocenters. The number of aromatic nitrogens is 1. The Bertz CT molecular complexity index is 1240. The number of β-lactam (4-membered cyclic amide) rings is 1. The number of fused-ring (bicyclic) bond motifs is 2. The van der Waals surface area contributed by atoms with Crippen LogP contribution in [0.3, 0.4) is 0 Å². The second-order valence-electron chi connectivity index (χ2n) is 9.17. The van der Waals surface area contributed by atoms with E-state index in [1.54, 1.807) is 0 Å². The van der Waals surface area contributed by atoms with Gasteiger partial charge in [-0.15, -0.1) is 0 Å². The van der Waals surface area contributed by atoms with Crippen molar-refractivity contribution < 1.29 is 19.1 Å². The molecule has 0 spiro atoms. The van der Waals surface area contributed by atoms with E-state index in [2.05, 4.69) is 22.2 Å². The molecule has 0 radical (unpaired) electrons. The van der Waals surface area contributed by atoms with Crippen molar-refractivity contribution >= 4 is 28.4 Å². The molecule has 33 heavy (non-hydrogen) atoms. The smallest absolute Gasteiger partial charge is 0.250 e. The van der Waals surface area contributed by atoms with Crippen molar-refractivity contribution in [2.24, 2.45) is 0 Å². The van der Waals surface area contributed by atoms with Gasteiger partial charge < -0.3 is 29.6 Å². The minimum Gasteiger partial charge on any atom is -0.454 e. The molecule has 6 rings (SSSR count).